The molecule has 1 aliphatic heterocycles. The molecule has 0 bridgehead atoms. The quantitative estimate of drug-likeness (QED) is 0.913. The van der Waals surface area contributed by atoms with Crippen molar-refractivity contribution >= 4 is 11.3 Å². The second kappa shape index (κ2) is 7.09. The number of ether oxygens (including phenoxy) is 1. The summed E-state index contributed by atoms with van der Waals surface area (Å²) in [6, 6.07) is 4.59. The van der Waals surface area contributed by atoms with Crippen LogP contribution in [-0.2, 0) is 17.9 Å². The van der Waals surface area contributed by atoms with Crippen LogP contribution < -0.4 is 5.32 Å². The van der Waals surface area contributed by atoms with Crippen molar-refractivity contribution in [2.24, 2.45) is 0 Å². The summed E-state index contributed by atoms with van der Waals surface area (Å²) in [5.74, 6) is 0. The van der Waals surface area contributed by atoms with E-state index in [0.29, 0.717) is 12.6 Å². The molecule has 1 atom stereocenters. The summed E-state index contributed by atoms with van der Waals surface area (Å²) in [5.41, 5.74) is 1.31. The Bertz CT molecular complexity index is 560. The maximum atomic E-state index is 5.16. The first kappa shape index (κ1) is 14.6. The van der Waals surface area contributed by atoms with E-state index >= 15 is 0 Å². The van der Waals surface area contributed by atoms with E-state index in [-0.39, 0.29) is 0 Å². The van der Waals surface area contributed by atoms with E-state index in [4.69, 9.17) is 4.74 Å². The third-order valence-electron chi connectivity index (χ3n) is 3.67. The van der Waals surface area contributed by atoms with Gasteiger partial charge in [-0.1, -0.05) is 0 Å². The molecule has 0 spiro atoms. The van der Waals surface area contributed by atoms with Gasteiger partial charge in [0, 0.05) is 51.4 Å². The lowest BCUT2D eigenvalue weighted by Crippen LogP contribution is -2.45. The van der Waals surface area contributed by atoms with Crippen LogP contribution in [0.25, 0.3) is 0 Å². The Morgan fingerprint density at radius 3 is 3.10 bits per heavy atom. The van der Waals surface area contributed by atoms with Gasteiger partial charge in [-0.05, 0) is 17.7 Å². The minimum absolute atomic E-state index is 0.386. The minimum atomic E-state index is 0.386. The van der Waals surface area contributed by atoms with Gasteiger partial charge >= 0.3 is 0 Å². The summed E-state index contributed by atoms with van der Waals surface area (Å²) in [5, 5.41) is 4.63. The molecule has 0 amide bonds. The standard InChI is InChI=1S/C15H20N4OS/c1-20-11-13-8-18-15(21-13)10-19-7-6-17-9-14(19)12-2-4-16-5-3-12/h2-5,8,14,17H,6-7,9-11H2,1H3. The number of nitrogens with one attached hydrogen (secondary N) is 1. The zero-order valence-corrected chi connectivity index (χ0v) is 13.0. The molecule has 5 nitrogen and oxygen atoms in total. The Kier molecular flexibility index (Phi) is 4.92. The van der Waals surface area contributed by atoms with Gasteiger partial charge in [0.2, 0.25) is 0 Å². The van der Waals surface area contributed by atoms with Crippen LogP contribution in [0.5, 0.6) is 0 Å². The van der Waals surface area contributed by atoms with Gasteiger partial charge in [0.05, 0.1) is 18.0 Å². The van der Waals surface area contributed by atoms with Gasteiger partial charge in [0.25, 0.3) is 0 Å². The number of hydrogen-bond donors (Lipinski definition) is 1. The number of methoxy groups -OCH3 is 1. The summed E-state index contributed by atoms with van der Waals surface area (Å²) in [4.78, 5) is 12.3. The monoisotopic (exact) mass is 304 g/mol. The van der Waals surface area contributed by atoms with Gasteiger partial charge in [0.15, 0.2) is 0 Å². The molecule has 1 aliphatic rings. The first-order chi connectivity index (χ1) is 10.4. The summed E-state index contributed by atoms with van der Waals surface area (Å²) in [7, 11) is 1.72. The molecule has 3 rings (SSSR count). The lowest BCUT2D eigenvalue weighted by Gasteiger charge is -2.35. The second-order valence-electron chi connectivity index (χ2n) is 5.12. The zero-order valence-electron chi connectivity index (χ0n) is 12.2. The Hall–Kier alpha value is -1.34. The van der Waals surface area contributed by atoms with E-state index < -0.39 is 0 Å². The highest BCUT2D eigenvalue weighted by molar-refractivity contribution is 7.11. The molecule has 1 N–H and O–H groups in total. The molecule has 21 heavy (non-hydrogen) atoms. The highest BCUT2D eigenvalue weighted by atomic mass is 32.1. The highest BCUT2D eigenvalue weighted by Gasteiger charge is 2.24. The highest BCUT2D eigenvalue weighted by Crippen LogP contribution is 2.25. The SMILES string of the molecule is COCc1cnc(CN2CCNCC2c2ccncc2)s1. The zero-order chi connectivity index (χ0) is 14.5. The summed E-state index contributed by atoms with van der Waals surface area (Å²) in [6.07, 6.45) is 5.65. The van der Waals surface area contributed by atoms with Crippen LogP contribution in [0.1, 0.15) is 21.5 Å². The Labute approximate surface area is 129 Å². The second-order valence-corrected chi connectivity index (χ2v) is 6.32. The molecule has 1 unspecified atom stereocenters. The number of rotatable bonds is 5. The van der Waals surface area contributed by atoms with Crippen LogP contribution >= 0.6 is 11.3 Å². The van der Waals surface area contributed by atoms with E-state index in [9.17, 15) is 0 Å². The van der Waals surface area contributed by atoms with E-state index in [2.05, 4.69) is 32.3 Å². The summed E-state index contributed by atoms with van der Waals surface area (Å²) in [6.45, 7) is 4.57. The first-order valence-electron chi connectivity index (χ1n) is 7.14. The normalized spacial score (nSPS) is 19.8. The Morgan fingerprint density at radius 1 is 1.43 bits per heavy atom. The number of hydrogen-bond acceptors (Lipinski definition) is 6. The van der Waals surface area contributed by atoms with Gasteiger partial charge < -0.3 is 10.1 Å². The largest absolute Gasteiger partial charge is 0.379 e. The van der Waals surface area contributed by atoms with E-state index in [1.165, 1.54) is 10.4 Å². The molecular weight excluding hydrogens is 284 g/mol. The number of aromatic nitrogens is 2. The predicted molar refractivity (Wildman–Crippen MR) is 83.1 cm³/mol. The molecule has 3 heterocycles. The van der Waals surface area contributed by atoms with Gasteiger partial charge in [-0.25, -0.2) is 4.98 Å². The van der Waals surface area contributed by atoms with E-state index in [1.54, 1.807) is 18.4 Å². The van der Waals surface area contributed by atoms with Crippen LogP contribution in [0.2, 0.25) is 0 Å². The minimum Gasteiger partial charge on any atom is -0.379 e. The molecule has 0 aromatic carbocycles. The van der Waals surface area contributed by atoms with Gasteiger partial charge in [0.1, 0.15) is 5.01 Å². The lowest BCUT2D eigenvalue weighted by atomic mass is 10.0. The van der Waals surface area contributed by atoms with E-state index in [0.717, 1.165) is 31.2 Å². The smallest absolute Gasteiger partial charge is 0.107 e. The first-order valence-corrected chi connectivity index (χ1v) is 7.95. The molecule has 1 fully saturated rings. The molecule has 6 heteroatoms. The number of piperazine rings is 1. The molecule has 2 aromatic rings. The molecule has 2 aromatic heterocycles. The summed E-state index contributed by atoms with van der Waals surface area (Å²) >= 11 is 1.74. The van der Waals surface area contributed by atoms with Crippen LogP contribution in [0, 0.1) is 0 Å². The van der Waals surface area contributed by atoms with Crippen molar-refractivity contribution in [1.29, 1.82) is 0 Å². The van der Waals surface area contributed by atoms with Gasteiger partial charge in [-0.15, -0.1) is 11.3 Å². The van der Waals surface area contributed by atoms with Crippen molar-refractivity contribution in [3.05, 3.63) is 46.2 Å². The fourth-order valence-electron chi connectivity index (χ4n) is 2.65. The fraction of sp³-hybridized carbons (Fsp3) is 0.467. The Balaban J connectivity index is 1.72. The number of thiazole rings is 1. The molecule has 0 radical (unpaired) electrons. The maximum Gasteiger partial charge on any atom is 0.107 e. The van der Waals surface area contributed by atoms with Crippen molar-refractivity contribution in [2.75, 3.05) is 26.7 Å². The predicted octanol–water partition coefficient (Wildman–Crippen LogP) is 1.83. The van der Waals surface area contributed by atoms with E-state index in [1.807, 2.05) is 18.6 Å². The fourth-order valence-corrected chi connectivity index (χ4v) is 3.57. The molecule has 1 saturated heterocycles. The molecular formula is C15H20N4OS. The lowest BCUT2D eigenvalue weighted by molar-refractivity contribution is 0.153. The maximum absolute atomic E-state index is 5.16. The molecule has 0 aliphatic carbocycles. The van der Waals surface area contributed by atoms with Crippen LogP contribution in [0.15, 0.2) is 30.7 Å². The van der Waals surface area contributed by atoms with Crippen LogP contribution in [0.4, 0.5) is 0 Å². The third-order valence-corrected chi connectivity index (χ3v) is 4.63. The molecule has 112 valence electrons. The number of nitrogens with zero attached hydrogens (tertiary/aromatic N) is 3. The third kappa shape index (κ3) is 3.65. The van der Waals surface area contributed by atoms with Crippen LogP contribution in [-0.4, -0.2) is 41.6 Å². The topological polar surface area (TPSA) is 50.3 Å². The van der Waals surface area contributed by atoms with Crippen molar-refractivity contribution in [1.82, 2.24) is 20.2 Å². The van der Waals surface area contributed by atoms with Crippen molar-refractivity contribution < 1.29 is 4.74 Å². The average Bonchev–Trinajstić information content (AvgIpc) is 2.96. The van der Waals surface area contributed by atoms with Crippen molar-refractivity contribution in [2.45, 2.75) is 19.2 Å². The van der Waals surface area contributed by atoms with Gasteiger partial charge in [-0.3, -0.25) is 9.88 Å². The summed E-state index contributed by atoms with van der Waals surface area (Å²) < 4.78 is 5.16. The van der Waals surface area contributed by atoms with Gasteiger partial charge in [-0.2, -0.15) is 0 Å². The van der Waals surface area contributed by atoms with Crippen molar-refractivity contribution in [3.63, 3.8) is 0 Å². The number of pyridine rings is 1. The van der Waals surface area contributed by atoms with Crippen LogP contribution in [0.3, 0.4) is 0 Å². The van der Waals surface area contributed by atoms with Crippen molar-refractivity contribution in [3.8, 4) is 0 Å². The Morgan fingerprint density at radius 2 is 2.29 bits per heavy atom. The average molecular weight is 304 g/mol. The molecule has 0 saturated carbocycles.